The van der Waals surface area contributed by atoms with Gasteiger partial charge in [0.1, 0.15) is 5.82 Å². The number of fused-ring (bicyclic) bond motifs is 1. The van der Waals surface area contributed by atoms with Gasteiger partial charge in [0.25, 0.3) is 0 Å². The van der Waals surface area contributed by atoms with E-state index < -0.39 is 0 Å². The van der Waals surface area contributed by atoms with E-state index in [-0.39, 0.29) is 5.97 Å². The van der Waals surface area contributed by atoms with Crippen molar-refractivity contribution in [2.45, 2.75) is 47.1 Å². The zero-order valence-corrected chi connectivity index (χ0v) is 16.6. The number of hydrogen-bond donors (Lipinski definition) is 1. The molecular weight excluding hydrogens is 326 g/mol. The van der Waals surface area contributed by atoms with E-state index in [1.807, 2.05) is 18.2 Å². The van der Waals surface area contributed by atoms with Gasteiger partial charge in [0, 0.05) is 25.6 Å². The molecule has 0 aliphatic heterocycles. The van der Waals surface area contributed by atoms with E-state index in [9.17, 15) is 4.79 Å². The smallest absolute Gasteiger partial charge is 0.330 e. The highest BCUT2D eigenvalue weighted by atomic mass is 16.5. The molecule has 2 aromatic rings. The SMILES string of the molecule is COC(=O)/C=C/c1ccc2c(c1)nc(CC(C)CC(C)(C)C)n2CCN. The molecule has 1 unspecified atom stereocenters. The molecule has 2 N–H and O–H groups in total. The minimum absolute atomic E-state index is 0.302. The highest BCUT2D eigenvalue weighted by Crippen LogP contribution is 2.27. The zero-order chi connectivity index (χ0) is 19.3. The molecule has 0 amide bonds. The van der Waals surface area contributed by atoms with Crippen LogP contribution in [0.5, 0.6) is 0 Å². The number of hydrogen-bond acceptors (Lipinski definition) is 4. The van der Waals surface area contributed by atoms with Gasteiger partial charge in [-0.2, -0.15) is 0 Å². The quantitative estimate of drug-likeness (QED) is 0.604. The Bertz CT molecular complexity index is 784. The Kier molecular flexibility index (Phi) is 6.59. The number of aromatic nitrogens is 2. The van der Waals surface area contributed by atoms with E-state index in [1.54, 1.807) is 6.08 Å². The number of nitrogens with two attached hydrogens (primary N) is 1. The van der Waals surface area contributed by atoms with Crippen molar-refractivity contribution in [3.05, 3.63) is 35.7 Å². The van der Waals surface area contributed by atoms with Crippen molar-refractivity contribution < 1.29 is 9.53 Å². The molecule has 0 fully saturated rings. The Morgan fingerprint density at radius 3 is 2.73 bits per heavy atom. The number of imidazole rings is 1. The molecule has 1 aromatic carbocycles. The van der Waals surface area contributed by atoms with Crippen LogP contribution in [0.4, 0.5) is 0 Å². The van der Waals surface area contributed by atoms with Crippen molar-refractivity contribution in [3.63, 3.8) is 0 Å². The maximum atomic E-state index is 11.3. The first kappa shape index (κ1) is 20.2. The van der Waals surface area contributed by atoms with Gasteiger partial charge in [0.05, 0.1) is 18.1 Å². The zero-order valence-electron chi connectivity index (χ0n) is 16.6. The number of esters is 1. The van der Waals surface area contributed by atoms with E-state index >= 15 is 0 Å². The molecule has 0 aliphatic carbocycles. The largest absolute Gasteiger partial charge is 0.466 e. The minimum Gasteiger partial charge on any atom is -0.466 e. The van der Waals surface area contributed by atoms with E-state index in [0.29, 0.717) is 17.9 Å². The van der Waals surface area contributed by atoms with Gasteiger partial charge in [0.15, 0.2) is 0 Å². The van der Waals surface area contributed by atoms with Gasteiger partial charge in [-0.25, -0.2) is 9.78 Å². The highest BCUT2D eigenvalue weighted by molar-refractivity contribution is 5.88. The number of ether oxygens (including phenoxy) is 1. The molecule has 5 nitrogen and oxygen atoms in total. The van der Waals surface area contributed by atoms with Crippen LogP contribution < -0.4 is 5.73 Å². The van der Waals surface area contributed by atoms with Gasteiger partial charge in [-0.1, -0.05) is 33.8 Å². The van der Waals surface area contributed by atoms with Gasteiger partial charge >= 0.3 is 5.97 Å². The third-order valence-electron chi connectivity index (χ3n) is 4.31. The molecule has 1 atom stereocenters. The Hall–Kier alpha value is -2.14. The normalized spacial score (nSPS) is 13.5. The monoisotopic (exact) mass is 357 g/mol. The van der Waals surface area contributed by atoms with Crippen molar-refractivity contribution >= 4 is 23.1 Å². The molecule has 5 heteroatoms. The second-order valence-corrected chi connectivity index (χ2v) is 8.15. The topological polar surface area (TPSA) is 70.1 Å². The third kappa shape index (κ3) is 5.43. The third-order valence-corrected chi connectivity index (χ3v) is 4.31. The summed E-state index contributed by atoms with van der Waals surface area (Å²) >= 11 is 0. The average molecular weight is 357 g/mol. The van der Waals surface area contributed by atoms with Crippen LogP contribution in [0.25, 0.3) is 17.1 Å². The van der Waals surface area contributed by atoms with Crippen LogP contribution in [0, 0.1) is 11.3 Å². The number of benzene rings is 1. The van der Waals surface area contributed by atoms with Gasteiger partial charge in [-0.15, -0.1) is 0 Å². The summed E-state index contributed by atoms with van der Waals surface area (Å²) in [5.41, 5.74) is 9.07. The summed E-state index contributed by atoms with van der Waals surface area (Å²) in [6.45, 7) is 10.4. The predicted octanol–water partition coefficient (Wildman–Crippen LogP) is 3.80. The standard InChI is InChI=1S/C21H31N3O2/c1-15(14-21(2,3)4)12-19-23-17-13-16(7-9-20(25)26-5)6-8-18(17)24(19)11-10-22/h6-9,13,15H,10-12,14,22H2,1-5H3/b9-7+. The summed E-state index contributed by atoms with van der Waals surface area (Å²) in [5.74, 6) is 1.26. The lowest BCUT2D eigenvalue weighted by Crippen LogP contribution is -2.17. The summed E-state index contributed by atoms with van der Waals surface area (Å²) in [5, 5.41) is 0. The number of rotatable bonds is 7. The minimum atomic E-state index is -0.365. The van der Waals surface area contributed by atoms with Gasteiger partial charge < -0.3 is 15.0 Å². The lowest BCUT2D eigenvalue weighted by atomic mass is 9.84. The summed E-state index contributed by atoms with van der Waals surface area (Å²) in [6.07, 6.45) is 5.24. The van der Waals surface area contributed by atoms with Crippen LogP contribution in [0.15, 0.2) is 24.3 Å². The van der Waals surface area contributed by atoms with E-state index in [4.69, 9.17) is 10.7 Å². The summed E-state index contributed by atoms with van der Waals surface area (Å²) in [6, 6.07) is 6.03. The second-order valence-electron chi connectivity index (χ2n) is 8.15. The number of carbonyl (C=O) groups is 1. The Labute approximate surface area is 156 Å². The fourth-order valence-electron chi connectivity index (χ4n) is 3.50. The summed E-state index contributed by atoms with van der Waals surface area (Å²) in [7, 11) is 1.37. The van der Waals surface area contributed by atoms with Crippen molar-refractivity contribution in [3.8, 4) is 0 Å². The molecule has 142 valence electrons. The average Bonchev–Trinajstić information content (AvgIpc) is 2.87. The molecule has 0 radical (unpaired) electrons. The van der Waals surface area contributed by atoms with Crippen molar-refractivity contribution in [2.75, 3.05) is 13.7 Å². The molecule has 0 saturated carbocycles. The first-order chi connectivity index (χ1) is 12.2. The Morgan fingerprint density at radius 1 is 1.38 bits per heavy atom. The second kappa shape index (κ2) is 8.49. The fraction of sp³-hybridized carbons (Fsp3) is 0.524. The lowest BCUT2D eigenvalue weighted by molar-refractivity contribution is -0.134. The van der Waals surface area contributed by atoms with Crippen LogP contribution in [0.3, 0.4) is 0 Å². The molecule has 26 heavy (non-hydrogen) atoms. The van der Waals surface area contributed by atoms with Crippen molar-refractivity contribution in [1.29, 1.82) is 0 Å². The van der Waals surface area contributed by atoms with Crippen LogP contribution in [0.2, 0.25) is 0 Å². The van der Waals surface area contributed by atoms with Crippen molar-refractivity contribution in [2.24, 2.45) is 17.1 Å². The number of nitrogens with zero attached hydrogens (tertiary/aromatic N) is 2. The highest BCUT2D eigenvalue weighted by Gasteiger charge is 2.19. The van der Waals surface area contributed by atoms with Gasteiger partial charge in [-0.3, -0.25) is 0 Å². The molecule has 0 bridgehead atoms. The first-order valence-corrected chi connectivity index (χ1v) is 9.19. The van der Waals surface area contributed by atoms with Crippen LogP contribution in [-0.4, -0.2) is 29.2 Å². The first-order valence-electron chi connectivity index (χ1n) is 9.19. The number of carbonyl (C=O) groups excluding carboxylic acids is 1. The maximum Gasteiger partial charge on any atom is 0.330 e. The Balaban J connectivity index is 2.32. The fourth-order valence-corrected chi connectivity index (χ4v) is 3.50. The Morgan fingerprint density at radius 2 is 2.12 bits per heavy atom. The molecular formula is C21H31N3O2. The van der Waals surface area contributed by atoms with Crippen molar-refractivity contribution in [1.82, 2.24) is 9.55 Å². The molecule has 0 spiro atoms. The summed E-state index contributed by atoms with van der Waals surface area (Å²) < 4.78 is 6.86. The predicted molar refractivity (Wildman–Crippen MR) is 107 cm³/mol. The van der Waals surface area contributed by atoms with Gasteiger partial charge in [0.2, 0.25) is 0 Å². The van der Waals surface area contributed by atoms with Gasteiger partial charge in [-0.05, 0) is 41.5 Å². The molecule has 1 heterocycles. The lowest BCUT2D eigenvalue weighted by Gasteiger charge is -2.23. The molecule has 0 saturated heterocycles. The van der Waals surface area contributed by atoms with E-state index in [1.165, 1.54) is 13.2 Å². The van der Waals surface area contributed by atoms with E-state index in [2.05, 4.69) is 37.0 Å². The molecule has 0 aliphatic rings. The maximum absolute atomic E-state index is 11.3. The van der Waals surface area contributed by atoms with Crippen LogP contribution in [0.1, 0.15) is 45.5 Å². The van der Waals surface area contributed by atoms with Crippen LogP contribution >= 0.6 is 0 Å². The molecule has 2 rings (SSSR count). The molecule has 1 aromatic heterocycles. The van der Waals surface area contributed by atoms with E-state index in [0.717, 1.165) is 41.8 Å². The summed E-state index contributed by atoms with van der Waals surface area (Å²) in [4.78, 5) is 16.2. The van der Waals surface area contributed by atoms with Crippen LogP contribution in [-0.2, 0) is 22.5 Å². The number of methoxy groups -OCH3 is 1.